The maximum Gasteiger partial charge on any atom is 0.161 e. The van der Waals surface area contributed by atoms with Crippen molar-refractivity contribution in [2.75, 3.05) is 11.5 Å². The smallest absolute Gasteiger partial charge is 0.161 e. The number of nitrogens with two attached hydrogens (primary N) is 2. The van der Waals surface area contributed by atoms with Crippen LogP contribution in [-0.4, -0.2) is 12.1 Å². The number of nitrogens with zero attached hydrogens (tertiary/aromatic N) is 2. The predicted molar refractivity (Wildman–Crippen MR) is 85.7 cm³/mol. The highest BCUT2D eigenvalue weighted by atomic mass is 16.1. The van der Waals surface area contributed by atoms with E-state index in [0.29, 0.717) is 33.9 Å². The molecule has 6 heteroatoms. The Kier molecular flexibility index (Phi) is 4.63. The first-order valence-corrected chi connectivity index (χ1v) is 6.65. The van der Waals surface area contributed by atoms with Crippen molar-refractivity contribution in [3.05, 3.63) is 47.5 Å². The van der Waals surface area contributed by atoms with Crippen molar-refractivity contribution in [2.45, 2.75) is 13.3 Å². The van der Waals surface area contributed by atoms with E-state index in [1.165, 1.54) is 6.92 Å². The number of anilines is 2. The van der Waals surface area contributed by atoms with Crippen LogP contribution in [0.3, 0.4) is 0 Å². The number of azo groups is 1. The highest BCUT2D eigenvalue weighted by Crippen LogP contribution is 2.25. The second kappa shape index (κ2) is 6.62. The maximum atomic E-state index is 11.4. The third-order valence-corrected chi connectivity index (χ3v) is 3.13. The van der Waals surface area contributed by atoms with E-state index in [-0.39, 0.29) is 12.2 Å². The van der Waals surface area contributed by atoms with Crippen LogP contribution < -0.4 is 11.5 Å². The summed E-state index contributed by atoms with van der Waals surface area (Å²) in [5, 5.41) is 8.17. The van der Waals surface area contributed by atoms with Crippen molar-refractivity contribution < 1.29 is 9.59 Å². The zero-order chi connectivity index (χ0) is 16.1. The Labute approximate surface area is 127 Å². The SMILES string of the molecule is CC(=O)c1cc(N=Nc2ccc(N)c(CC=O)c2)ccc1N. The third-order valence-electron chi connectivity index (χ3n) is 3.13. The first-order valence-electron chi connectivity index (χ1n) is 6.65. The van der Waals surface area contributed by atoms with E-state index in [0.717, 1.165) is 6.29 Å². The van der Waals surface area contributed by atoms with Gasteiger partial charge in [-0.25, -0.2) is 0 Å². The van der Waals surface area contributed by atoms with Crippen LogP contribution in [0.2, 0.25) is 0 Å². The maximum absolute atomic E-state index is 11.4. The lowest BCUT2D eigenvalue weighted by atomic mass is 10.1. The van der Waals surface area contributed by atoms with Crippen LogP contribution in [0.25, 0.3) is 0 Å². The number of hydrogen-bond donors (Lipinski definition) is 2. The van der Waals surface area contributed by atoms with Gasteiger partial charge >= 0.3 is 0 Å². The van der Waals surface area contributed by atoms with Gasteiger partial charge in [-0.15, -0.1) is 0 Å². The normalized spacial score (nSPS) is 10.8. The molecule has 4 N–H and O–H groups in total. The van der Waals surface area contributed by atoms with Gasteiger partial charge in [0.1, 0.15) is 6.29 Å². The van der Waals surface area contributed by atoms with Gasteiger partial charge < -0.3 is 16.3 Å². The lowest BCUT2D eigenvalue weighted by molar-refractivity contribution is -0.107. The quantitative estimate of drug-likeness (QED) is 0.382. The number of hydrogen-bond acceptors (Lipinski definition) is 6. The lowest BCUT2D eigenvalue weighted by Crippen LogP contribution is -1.98. The Hall–Kier alpha value is -3.02. The molecule has 0 aliphatic rings. The molecule has 0 bridgehead atoms. The van der Waals surface area contributed by atoms with E-state index in [1.54, 1.807) is 36.4 Å². The van der Waals surface area contributed by atoms with E-state index in [4.69, 9.17) is 11.5 Å². The highest BCUT2D eigenvalue weighted by Gasteiger charge is 2.05. The van der Waals surface area contributed by atoms with Crippen LogP contribution in [0.1, 0.15) is 22.8 Å². The largest absolute Gasteiger partial charge is 0.398 e. The summed E-state index contributed by atoms with van der Waals surface area (Å²) in [5.74, 6) is -0.129. The number of carbonyl (C=O) groups excluding carboxylic acids is 2. The fourth-order valence-corrected chi connectivity index (χ4v) is 1.95. The predicted octanol–water partition coefficient (Wildman–Crippen LogP) is 3.21. The van der Waals surface area contributed by atoms with Crippen molar-refractivity contribution >= 4 is 34.8 Å². The Morgan fingerprint density at radius 2 is 1.64 bits per heavy atom. The van der Waals surface area contributed by atoms with Crippen LogP contribution in [0.5, 0.6) is 0 Å². The van der Waals surface area contributed by atoms with E-state index in [1.807, 2.05) is 0 Å². The zero-order valence-corrected chi connectivity index (χ0v) is 12.1. The molecule has 112 valence electrons. The summed E-state index contributed by atoms with van der Waals surface area (Å²) in [4.78, 5) is 22.0. The van der Waals surface area contributed by atoms with E-state index in [9.17, 15) is 9.59 Å². The summed E-state index contributed by atoms with van der Waals surface area (Å²) in [7, 11) is 0. The molecule has 0 amide bonds. The number of carbonyl (C=O) groups is 2. The topological polar surface area (TPSA) is 111 Å². The molecule has 0 aromatic heterocycles. The van der Waals surface area contributed by atoms with Gasteiger partial charge in [-0.3, -0.25) is 4.79 Å². The molecular weight excluding hydrogens is 280 g/mol. The van der Waals surface area contributed by atoms with Crippen molar-refractivity contribution in [1.82, 2.24) is 0 Å². The molecule has 0 unspecified atom stereocenters. The molecule has 0 heterocycles. The minimum Gasteiger partial charge on any atom is -0.398 e. The average Bonchev–Trinajstić information content (AvgIpc) is 2.49. The molecule has 22 heavy (non-hydrogen) atoms. The molecule has 0 fully saturated rings. The van der Waals surface area contributed by atoms with Crippen LogP contribution in [0, 0.1) is 0 Å². The standard InChI is InChI=1S/C16H16N4O2/c1-10(22)14-9-13(3-5-16(14)18)20-19-12-2-4-15(17)11(8-12)6-7-21/h2-5,7-9H,6,17-18H2,1H3. The molecule has 0 atom stereocenters. The Morgan fingerprint density at radius 3 is 2.23 bits per heavy atom. The second-order valence-electron chi connectivity index (χ2n) is 4.78. The van der Waals surface area contributed by atoms with Gasteiger partial charge in [-0.05, 0) is 48.9 Å². The van der Waals surface area contributed by atoms with E-state index in [2.05, 4.69) is 10.2 Å². The number of Topliss-reactive ketones (excluding diaryl/α,β-unsaturated/α-hetero) is 1. The molecule has 2 rings (SSSR count). The van der Waals surface area contributed by atoms with E-state index < -0.39 is 0 Å². The van der Waals surface area contributed by atoms with Gasteiger partial charge in [0.2, 0.25) is 0 Å². The van der Waals surface area contributed by atoms with Crippen molar-refractivity contribution in [2.24, 2.45) is 10.2 Å². The first kappa shape index (κ1) is 15.4. The van der Waals surface area contributed by atoms with Crippen molar-refractivity contribution in [1.29, 1.82) is 0 Å². The molecule has 0 saturated heterocycles. The molecule has 2 aromatic rings. The highest BCUT2D eigenvalue weighted by molar-refractivity contribution is 5.99. The number of aldehydes is 1. The van der Waals surface area contributed by atoms with E-state index >= 15 is 0 Å². The monoisotopic (exact) mass is 296 g/mol. The third kappa shape index (κ3) is 3.54. The fourth-order valence-electron chi connectivity index (χ4n) is 1.95. The lowest BCUT2D eigenvalue weighted by Gasteiger charge is -2.03. The van der Waals surface area contributed by atoms with Crippen molar-refractivity contribution in [3.63, 3.8) is 0 Å². The Balaban J connectivity index is 2.29. The fraction of sp³-hybridized carbons (Fsp3) is 0.125. The summed E-state index contributed by atoms with van der Waals surface area (Å²) < 4.78 is 0. The summed E-state index contributed by atoms with van der Waals surface area (Å²) in [5.41, 5.74) is 14.7. The zero-order valence-electron chi connectivity index (χ0n) is 12.1. The molecule has 0 aliphatic carbocycles. The minimum absolute atomic E-state index is 0.129. The molecular formula is C16H16N4O2. The van der Waals surface area contributed by atoms with Gasteiger partial charge in [0.25, 0.3) is 0 Å². The van der Waals surface area contributed by atoms with Crippen LogP contribution in [0.15, 0.2) is 46.6 Å². The summed E-state index contributed by atoms with van der Waals surface area (Å²) in [6.45, 7) is 1.44. The first-order chi connectivity index (χ1) is 10.5. The molecule has 0 radical (unpaired) electrons. The number of benzene rings is 2. The van der Waals surface area contributed by atoms with Gasteiger partial charge in [-0.2, -0.15) is 10.2 Å². The summed E-state index contributed by atoms with van der Waals surface area (Å²) in [6.07, 6.45) is 1.01. The minimum atomic E-state index is -0.129. The van der Waals surface area contributed by atoms with Gasteiger partial charge in [0, 0.05) is 23.4 Å². The van der Waals surface area contributed by atoms with Crippen LogP contribution in [0.4, 0.5) is 22.7 Å². The summed E-state index contributed by atoms with van der Waals surface area (Å²) >= 11 is 0. The van der Waals surface area contributed by atoms with Crippen LogP contribution in [-0.2, 0) is 11.2 Å². The van der Waals surface area contributed by atoms with Gasteiger partial charge in [0.05, 0.1) is 11.4 Å². The second-order valence-corrected chi connectivity index (χ2v) is 4.78. The van der Waals surface area contributed by atoms with Gasteiger partial charge in [0.15, 0.2) is 5.78 Å². The van der Waals surface area contributed by atoms with Gasteiger partial charge in [-0.1, -0.05) is 0 Å². The molecule has 2 aromatic carbocycles. The van der Waals surface area contributed by atoms with Crippen LogP contribution >= 0.6 is 0 Å². The molecule has 0 spiro atoms. The number of ketones is 1. The average molecular weight is 296 g/mol. The molecule has 0 aliphatic heterocycles. The summed E-state index contributed by atoms with van der Waals surface area (Å²) in [6, 6.07) is 9.97. The number of rotatable bonds is 5. The molecule has 6 nitrogen and oxygen atoms in total. The number of nitrogen functional groups attached to an aromatic ring is 2. The Bertz CT molecular complexity index is 754. The Morgan fingerprint density at radius 1 is 1.05 bits per heavy atom. The van der Waals surface area contributed by atoms with Crippen molar-refractivity contribution in [3.8, 4) is 0 Å². The molecule has 0 saturated carbocycles.